The third-order valence-electron chi connectivity index (χ3n) is 5.61. The van der Waals surface area contributed by atoms with Crippen LogP contribution in [0.3, 0.4) is 0 Å². The van der Waals surface area contributed by atoms with Crippen LogP contribution in [-0.2, 0) is 11.2 Å². The van der Waals surface area contributed by atoms with Crippen molar-refractivity contribution in [2.75, 3.05) is 0 Å². The molecule has 0 saturated heterocycles. The molecule has 4 heteroatoms. The van der Waals surface area contributed by atoms with Gasteiger partial charge in [-0.1, -0.05) is 55.1 Å². The molecule has 0 aromatic heterocycles. The van der Waals surface area contributed by atoms with Gasteiger partial charge in [-0.2, -0.15) is 0 Å². The average molecular weight is 401 g/mol. The molecule has 0 radical (unpaired) electrons. The van der Waals surface area contributed by atoms with E-state index in [-0.39, 0.29) is 0 Å². The molecule has 3 nitrogen and oxygen atoms in total. The standard InChI is InChI=1S/C24H29ClO3/c25-21-14-10-18(11-15-21)6-2-1-3-9-23(24(26)27)28-22-16-12-20(13-17-22)19-7-4-5-8-19/h10-17,19,23H,1-9H2,(H,26,27). The number of halogens is 1. The molecule has 1 atom stereocenters. The highest BCUT2D eigenvalue weighted by atomic mass is 35.5. The summed E-state index contributed by atoms with van der Waals surface area (Å²) in [6.45, 7) is 0. The molecule has 1 aliphatic rings. The van der Waals surface area contributed by atoms with E-state index in [0.29, 0.717) is 18.1 Å². The van der Waals surface area contributed by atoms with Crippen molar-refractivity contribution >= 4 is 17.6 Å². The summed E-state index contributed by atoms with van der Waals surface area (Å²) in [5, 5.41) is 10.2. The lowest BCUT2D eigenvalue weighted by molar-refractivity contribution is -0.145. The summed E-state index contributed by atoms with van der Waals surface area (Å²) in [7, 11) is 0. The fraction of sp³-hybridized carbons (Fsp3) is 0.458. The van der Waals surface area contributed by atoms with Crippen molar-refractivity contribution in [1.29, 1.82) is 0 Å². The van der Waals surface area contributed by atoms with Crippen LogP contribution in [-0.4, -0.2) is 17.2 Å². The second-order valence-electron chi connectivity index (χ2n) is 7.72. The van der Waals surface area contributed by atoms with Crippen molar-refractivity contribution in [2.45, 2.75) is 69.8 Å². The number of carboxylic acid groups (broad SMARTS) is 1. The molecule has 1 aliphatic carbocycles. The SMILES string of the molecule is O=C(O)C(CCCCCc1ccc(Cl)cc1)Oc1ccc(C2CCCC2)cc1. The van der Waals surface area contributed by atoms with E-state index in [0.717, 1.165) is 30.7 Å². The lowest BCUT2D eigenvalue weighted by Crippen LogP contribution is -2.26. The molecule has 0 amide bonds. The van der Waals surface area contributed by atoms with Crippen molar-refractivity contribution in [1.82, 2.24) is 0 Å². The van der Waals surface area contributed by atoms with Gasteiger partial charge in [0.25, 0.3) is 0 Å². The van der Waals surface area contributed by atoms with E-state index >= 15 is 0 Å². The minimum atomic E-state index is -0.891. The van der Waals surface area contributed by atoms with Gasteiger partial charge in [-0.05, 0) is 79.8 Å². The zero-order valence-corrected chi connectivity index (χ0v) is 17.0. The minimum absolute atomic E-state index is 0.528. The number of hydrogen-bond donors (Lipinski definition) is 1. The summed E-state index contributed by atoms with van der Waals surface area (Å²) in [4.78, 5) is 11.6. The Morgan fingerprint density at radius 3 is 2.32 bits per heavy atom. The van der Waals surface area contributed by atoms with Gasteiger partial charge in [0.05, 0.1) is 0 Å². The van der Waals surface area contributed by atoms with Gasteiger partial charge >= 0.3 is 5.97 Å². The van der Waals surface area contributed by atoms with E-state index in [1.165, 1.54) is 36.8 Å². The van der Waals surface area contributed by atoms with Crippen LogP contribution < -0.4 is 4.74 Å². The maximum Gasteiger partial charge on any atom is 0.344 e. The summed E-state index contributed by atoms with van der Waals surface area (Å²) in [6.07, 6.45) is 8.71. The predicted molar refractivity (Wildman–Crippen MR) is 113 cm³/mol. The zero-order chi connectivity index (χ0) is 19.8. The van der Waals surface area contributed by atoms with E-state index < -0.39 is 12.1 Å². The molecule has 2 aromatic rings. The molecule has 1 unspecified atom stereocenters. The van der Waals surface area contributed by atoms with Crippen LogP contribution in [0.1, 0.15) is 68.4 Å². The van der Waals surface area contributed by atoms with Gasteiger partial charge in [-0.25, -0.2) is 4.79 Å². The highest BCUT2D eigenvalue weighted by molar-refractivity contribution is 6.30. The van der Waals surface area contributed by atoms with Crippen LogP contribution >= 0.6 is 11.6 Å². The molecule has 2 aromatic carbocycles. The summed E-state index contributed by atoms with van der Waals surface area (Å²) < 4.78 is 5.76. The van der Waals surface area contributed by atoms with E-state index in [1.54, 1.807) is 0 Å². The van der Waals surface area contributed by atoms with Gasteiger partial charge in [0.2, 0.25) is 0 Å². The Kier molecular flexibility index (Phi) is 7.79. The van der Waals surface area contributed by atoms with Crippen molar-refractivity contribution < 1.29 is 14.6 Å². The van der Waals surface area contributed by atoms with Crippen LogP contribution in [0.5, 0.6) is 5.75 Å². The Hall–Kier alpha value is -2.00. The van der Waals surface area contributed by atoms with Crippen molar-refractivity contribution in [3.8, 4) is 5.75 Å². The third kappa shape index (κ3) is 6.27. The second kappa shape index (κ2) is 10.5. The molecule has 150 valence electrons. The smallest absolute Gasteiger partial charge is 0.344 e. The highest BCUT2D eigenvalue weighted by Crippen LogP contribution is 2.34. The number of carbonyl (C=O) groups is 1. The first-order valence-corrected chi connectivity index (χ1v) is 10.7. The maximum atomic E-state index is 11.6. The molecule has 0 bridgehead atoms. The van der Waals surface area contributed by atoms with E-state index in [4.69, 9.17) is 16.3 Å². The van der Waals surface area contributed by atoms with E-state index in [2.05, 4.69) is 12.1 Å². The number of rotatable bonds is 10. The van der Waals surface area contributed by atoms with E-state index in [9.17, 15) is 9.90 Å². The molecule has 1 fully saturated rings. The van der Waals surface area contributed by atoms with Crippen LogP contribution in [0.25, 0.3) is 0 Å². The Balaban J connectivity index is 1.41. The predicted octanol–water partition coefficient (Wildman–Crippen LogP) is 6.63. The van der Waals surface area contributed by atoms with Gasteiger partial charge < -0.3 is 9.84 Å². The molecule has 0 aliphatic heterocycles. The van der Waals surface area contributed by atoms with Crippen LogP contribution in [0.15, 0.2) is 48.5 Å². The largest absolute Gasteiger partial charge is 0.479 e. The van der Waals surface area contributed by atoms with Gasteiger partial charge in [-0.15, -0.1) is 0 Å². The Bertz CT molecular complexity index is 733. The number of hydrogen-bond acceptors (Lipinski definition) is 2. The number of aryl methyl sites for hydroxylation is 1. The normalized spacial score (nSPS) is 15.5. The van der Waals surface area contributed by atoms with Gasteiger partial charge in [0.15, 0.2) is 6.10 Å². The molecule has 1 N–H and O–H groups in total. The summed E-state index contributed by atoms with van der Waals surface area (Å²) >= 11 is 5.90. The molecule has 1 saturated carbocycles. The van der Waals surface area contributed by atoms with Crippen molar-refractivity contribution in [3.05, 3.63) is 64.7 Å². The number of aliphatic carboxylic acids is 1. The fourth-order valence-electron chi connectivity index (χ4n) is 3.96. The Morgan fingerprint density at radius 2 is 1.68 bits per heavy atom. The van der Waals surface area contributed by atoms with Gasteiger partial charge in [0.1, 0.15) is 5.75 Å². The van der Waals surface area contributed by atoms with Crippen LogP contribution in [0, 0.1) is 0 Å². The molecule has 3 rings (SSSR count). The number of unbranched alkanes of at least 4 members (excludes halogenated alkanes) is 2. The quantitative estimate of drug-likeness (QED) is 0.455. The molecular weight excluding hydrogens is 372 g/mol. The van der Waals surface area contributed by atoms with Crippen molar-refractivity contribution in [3.63, 3.8) is 0 Å². The monoisotopic (exact) mass is 400 g/mol. The molecular formula is C24H29ClO3. The van der Waals surface area contributed by atoms with Crippen LogP contribution in [0.4, 0.5) is 0 Å². The first-order valence-electron chi connectivity index (χ1n) is 10.4. The lowest BCUT2D eigenvalue weighted by Gasteiger charge is -2.16. The lowest BCUT2D eigenvalue weighted by atomic mass is 9.98. The zero-order valence-electron chi connectivity index (χ0n) is 16.3. The fourth-order valence-corrected chi connectivity index (χ4v) is 4.09. The number of benzene rings is 2. The summed E-state index contributed by atoms with van der Waals surface area (Å²) in [6, 6.07) is 15.9. The third-order valence-corrected chi connectivity index (χ3v) is 5.86. The highest BCUT2D eigenvalue weighted by Gasteiger charge is 2.20. The summed E-state index contributed by atoms with van der Waals surface area (Å²) in [5.41, 5.74) is 2.61. The average Bonchev–Trinajstić information content (AvgIpc) is 3.23. The number of carboxylic acids is 1. The van der Waals surface area contributed by atoms with Gasteiger partial charge in [-0.3, -0.25) is 0 Å². The molecule has 28 heavy (non-hydrogen) atoms. The Labute approximate surface area is 172 Å². The Morgan fingerprint density at radius 1 is 1.00 bits per heavy atom. The second-order valence-corrected chi connectivity index (χ2v) is 8.16. The number of ether oxygens (including phenoxy) is 1. The van der Waals surface area contributed by atoms with E-state index in [1.807, 2.05) is 36.4 Å². The van der Waals surface area contributed by atoms with Gasteiger partial charge in [0, 0.05) is 5.02 Å². The van der Waals surface area contributed by atoms with Crippen LogP contribution in [0.2, 0.25) is 5.02 Å². The first kappa shape index (κ1) is 20.7. The summed E-state index contributed by atoms with van der Waals surface area (Å²) in [5.74, 6) is 0.415. The minimum Gasteiger partial charge on any atom is -0.479 e. The van der Waals surface area contributed by atoms with Crippen molar-refractivity contribution in [2.24, 2.45) is 0 Å². The first-order chi connectivity index (χ1) is 13.6. The molecule has 0 heterocycles. The maximum absolute atomic E-state index is 11.6. The molecule has 0 spiro atoms. The topological polar surface area (TPSA) is 46.5 Å².